The van der Waals surface area contributed by atoms with Crippen molar-refractivity contribution in [1.82, 2.24) is 4.90 Å². The van der Waals surface area contributed by atoms with E-state index < -0.39 is 5.60 Å². The fraction of sp³-hybridized carbons (Fsp3) is 0.130. The van der Waals surface area contributed by atoms with Gasteiger partial charge in [0.1, 0.15) is 11.7 Å². The number of rotatable bonds is 4. The van der Waals surface area contributed by atoms with Gasteiger partial charge < -0.3 is 4.74 Å². The number of amides is 2. The second-order valence-corrected chi connectivity index (χ2v) is 6.84. The minimum Gasteiger partial charge on any atom is -0.354 e. The maximum atomic E-state index is 12.7. The third kappa shape index (κ3) is 2.34. The van der Waals surface area contributed by atoms with Crippen molar-refractivity contribution >= 4 is 11.8 Å². The van der Waals surface area contributed by atoms with E-state index in [0.29, 0.717) is 11.1 Å². The zero-order valence-electron chi connectivity index (χ0n) is 14.5. The van der Waals surface area contributed by atoms with Gasteiger partial charge in [-0.2, -0.15) is 0 Å². The van der Waals surface area contributed by atoms with E-state index in [2.05, 4.69) is 0 Å². The molecule has 0 spiro atoms. The van der Waals surface area contributed by atoms with Crippen LogP contribution in [0.4, 0.5) is 0 Å². The molecule has 1 fully saturated rings. The van der Waals surface area contributed by atoms with E-state index in [9.17, 15) is 9.59 Å². The Labute approximate surface area is 157 Å². The number of carbonyl (C=O) groups is 2. The Morgan fingerprint density at radius 1 is 0.704 bits per heavy atom. The molecule has 2 aliphatic rings. The van der Waals surface area contributed by atoms with Gasteiger partial charge in [0.05, 0.1) is 17.7 Å². The van der Waals surface area contributed by atoms with Crippen LogP contribution in [0.5, 0.6) is 0 Å². The van der Waals surface area contributed by atoms with Gasteiger partial charge in [0, 0.05) is 0 Å². The number of ether oxygens (including phenoxy) is 1. The smallest absolute Gasteiger partial charge is 0.261 e. The molecule has 1 atom stereocenters. The summed E-state index contributed by atoms with van der Waals surface area (Å²) in [5.41, 5.74) is 2.36. The van der Waals surface area contributed by atoms with Gasteiger partial charge in [0.2, 0.25) is 0 Å². The molecule has 27 heavy (non-hydrogen) atoms. The van der Waals surface area contributed by atoms with E-state index in [-0.39, 0.29) is 24.5 Å². The highest BCUT2D eigenvalue weighted by Crippen LogP contribution is 2.52. The number of hydrogen-bond donors (Lipinski definition) is 0. The van der Waals surface area contributed by atoms with Gasteiger partial charge in [0.25, 0.3) is 11.8 Å². The highest BCUT2D eigenvalue weighted by molar-refractivity contribution is 6.21. The van der Waals surface area contributed by atoms with Crippen molar-refractivity contribution in [3.63, 3.8) is 0 Å². The summed E-state index contributed by atoms with van der Waals surface area (Å²) in [6, 6.07) is 26.9. The van der Waals surface area contributed by atoms with Crippen LogP contribution in [0.1, 0.15) is 31.8 Å². The van der Waals surface area contributed by atoms with Gasteiger partial charge >= 0.3 is 0 Å². The van der Waals surface area contributed by atoms with Gasteiger partial charge in [-0.15, -0.1) is 0 Å². The summed E-state index contributed by atoms with van der Waals surface area (Å²) in [5, 5.41) is 0. The van der Waals surface area contributed by atoms with Crippen molar-refractivity contribution in [2.45, 2.75) is 11.7 Å². The number of epoxide rings is 1. The SMILES string of the molecule is O=C1c2ccccc2C(=O)N1CC1OC1(c1ccccc1)c1ccccc1. The molecule has 1 unspecified atom stereocenters. The topological polar surface area (TPSA) is 49.9 Å². The molecule has 0 bridgehead atoms. The molecule has 5 rings (SSSR count). The Hall–Kier alpha value is -3.24. The Bertz CT molecular complexity index is 955. The molecule has 2 heterocycles. The molecule has 132 valence electrons. The molecule has 4 heteroatoms. The lowest BCUT2D eigenvalue weighted by atomic mass is 9.88. The molecule has 2 aliphatic heterocycles. The Morgan fingerprint density at radius 3 is 1.63 bits per heavy atom. The summed E-state index contributed by atoms with van der Waals surface area (Å²) in [7, 11) is 0. The van der Waals surface area contributed by atoms with Crippen molar-refractivity contribution in [2.75, 3.05) is 6.54 Å². The first-order valence-electron chi connectivity index (χ1n) is 8.96. The summed E-state index contributed by atoms with van der Waals surface area (Å²) in [6.07, 6.45) is -0.274. The van der Waals surface area contributed by atoms with Gasteiger partial charge in [-0.05, 0) is 23.3 Å². The molecule has 0 saturated carbocycles. The van der Waals surface area contributed by atoms with Crippen LogP contribution in [0.2, 0.25) is 0 Å². The maximum absolute atomic E-state index is 12.7. The molecule has 0 aliphatic carbocycles. The normalized spacial score (nSPS) is 19.9. The number of carbonyl (C=O) groups excluding carboxylic acids is 2. The Kier molecular flexibility index (Phi) is 3.49. The van der Waals surface area contributed by atoms with Crippen molar-refractivity contribution in [3.05, 3.63) is 107 Å². The van der Waals surface area contributed by atoms with E-state index in [0.717, 1.165) is 11.1 Å². The van der Waals surface area contributed by atoms with Gasteiger partial charge in [-0.3, -0.25) is 14.5 Å². The third-order valence-electron chi connectivity index (χ3n) is 5.36. The van der Waals surface area contributed by atoms with Crippen LogP contribution < -0.4 is 0 Å². The molecule has 0 N–H and O–H groups in total. The molecule has 0 aromatic heterocycles. The fourth-order valence-corrected chi connectivity index (χ4v) is 3.97. The minimum absolute atomic E-state index is 0.232. The van der Waals surface area contributed by atoms with Crippen molar-refractivity contribution in [2.24, 2.45) is 0 Å². The lowest BCUT2D eigenvalue weighted by Crippen LogP contribution is -2.35. The van der Waals surface area contributed by atoms with Crippen LogP contribution in [0.15, 0.2) is 84.9 Å². The largest absolute Gasteiger partial charge is 0.354 e. The van der Waals surface area contributed by atoms with E-state index in [1.165, 1.54) is 4.90 Å². The van der Waals surface area contributed by atoms with Crippen LogP contribution in [-0.2, 0) is 10.3 Å². The van der Waals surface area contributed by atoms with Crippen LogP contribution >= 0.6 is 0 Å². The zero-order valence-corrected chi connectivity index (χ0v) is 14.5. The number of nitrogens with zero attached hydrogens (tertiary/aromatic N) is 1. The van der Waals surface area contributed by atoms with Crippen molar-refractivity contribution < 1.29 is 14.3 Å². The Balaban J connectivity index is 1.49. The predicted molar refractivity (Wildman–Crippen MR) is 100 cm³/mol. The summed E-state index contributed by atoms with van der Waals surface area (Å²) >= 11 is 0. The molecular weight excluding hydrogens is 338 g/mol. The van der Waals surface area contributed by atoms with Crippen LogP contribution in [0.3, 0.4) is 0 Å². The third-order valence-corrected chi connectivity index (χ3v) is 5.36. The van der Waals surface area contributed by atoms with E-state index >= 15 is 0 Å². The van der Waals surface area contributed by atoms with E-state index in [1.807, 2.05) is 60.7 Å². The fourth-order valence-electron chi connectivity index (χ4n) is 3.97. The molecule has 0 radical (unpaired) electrons. The quantitative estimate of drug-likeness (QED) is 0.530. The second kappa shape index (κ2) is 5.89. The lowest BCUT2D eigenvalue weighted by molar-refractivity contribution is 0.0642. The molecule has 3 aromatic rings. The van der Waals surface area contributed by atoms with Gasteiger partial charge in [-0.1, -0.05) is 72.8 Å². The molecule has 3 aromatic carbocycles. The summed E-state index contributed by atoms with van der Waals surface area (Å²) < 4.78 is 6.19. The van der Waals surface area contributed by atoms with Crippen molar-refractivity contribution in [1.29, 1.82) is 0 Å². The summed E-state index contributed by atoms with van der Waals surface area (Å²) in [6.45, 7) is 0.232. The number of benzene rings is 3. The van der Waals surface area contributed by atoms with Crippen molar-refractivity contribution in [3.8, 4) is 0 Å². The summed E-state index contributed by atoms with van der Waals surface area (Å²) in [4.78, 5) is 26.7. The highest BCUT2D eigenvalue weighted by Gasteiger charge is 2.60. The Morgan fingerprint density at radius 2 is 1.15 bits per heavy atom. The first-order valence-corrected chi connectivity index (χ1v) is 8.96. The monoisotopic (exact) mass is 355 g/mol. The van der Waals surface area contributed by atoms with Gasteiger partial charge in [0.15, 0.2) is 0 Å². The lowest BCUT2D eigenvalue weighted by Gasteiger charge is -2.17. The van der Waals surface area contributed by atoms with Crippen LogP contribution in [0, 0.1) is 0 Å². The molecular formula is C23H17NO3. The summed E-state index contributed by atoms with van der Waals surface area (Å²) in [5.74, 6) is -0.498. The van der Waals surface area contributed by atoms with Crippen LogP contribution in [0.25, 0.3) is 0 Å². The zero-order chi connectivity index (χ0) is 18.4. The van der Waals surface area contributed by atoms with Crippen LogP contribution in [-0.4, -0.2) is 29.4 Å². The molecule has 1 saturated heterocycles. The standard InChI is InChI=1S/C23H17NO3/c25-21-18-13-7-8-14-19(18)22(26)24(21)15-20-23(27-20,16-9-3-1-4-10-16)17-11-5-2-6-12-17/h1-14,20H,15H2. The average molecular weight is 355 g/mol. The van der Waals surface area contributed by atoms with E-state index in [4.69, 9.17) is 4.74 Å². The molecule has 4 nitrogen and oxygen atoms in total. The first kappa shape index (κ1) is 16.0. The maximum Gasteiger partial charge on any atom is 0.261 e. The molecule has 2 amide bonds. The first-order chi connectivity index (χ1) is 13.2. The minimum atomic E-state index is -0.627. The second-order valence-electron chi connectivity index (χ2n) is 6.84. The van der Waals surface area contributed by atoms with Gasteiger partial charge in [-0.25, -0.2) is 0 Å². The number of imide groups is 1. The number of fused-ring (bicyclic) bond motifs is 1. The van der Waals surface area contributed by atoms with E-state index in [1.54, 1.807) is 24.3 Å². The predicted octanol–water partition coefficient (Wildman–Crippen LogP) is 3.63. The average Bonchev–Trinajstić information content (AvgIpc) is 3.42. The highest BCUT2D eigenvalue weighted by atomic mass is 16.6. The number of hydrogen-bond acceptors (Lipinski definition) is 3.